The lowest BCUT2D eigenvalue weighted by molar-refractivity contribution is -0.143. The van der Waals surface area contributed by atoms with Gasteiger partial charge in [-0.1, -0.05) is 53.1 Å². The summed E-state index contributed by atoms with van der Waals surface area (Å²) < 4.78 is 1.60. The van der Waals surface area contributed by atoms with Crippen LogP contribution < -0.4 is 0 Å². The first-order valence-electron chi connectivity index (χ1n) is 8.74. The van der Waals surface area contributed by atoms with Crippen LogP contribution in [0.3, 0.4) is 0 Å². The van der Waals surface area contributed by atoms with Crippen LogP contribution in [0.2, 0.25) is 5.15 Å². The Balaban J connectivity index is 0.000000528. The predicted octanol–water partition coefficient (Wildman–Crippen LogP) is 3.58. The smallest absolute Gasteiger partial charge is 0.233 e. The van der Waals surface area contributed by atoms with Crippen molar-refractivity contribution in [2.45, 2.75) is 48.1 Å². The average molecular weight is 365 g/mol. The third-order valence-corrected chi connectivity index (χ3v) is 4.94. The highest BCUT2D eigenvalue weighted by molar-refractivity contribution is 6.32. The molecule has 6 nitrogen and oxygen atoms in total. The Labute approximate surface area is 153 Å². The first kappa shape index (κ1) is 19.4. The molecule has 1 aliphatic heterocycles. The highest BCUT2D eigenvalue weighted by atomic mass is 35.5. The SMILES string of the molecule is CC.CC.CC1(C)C2C(=O)N(Cc3cc4c(Cl)ncnn4c3)C(=O)C21. The van der Waals surface area contributed by atoms with Crippen molar-refractivity contribution in [2.24, 2.45) is 17.3 Å². The minimum atomic E-state index is -0.176. The van der Waals surface area contributed by atoms with Crippen molar-refractivity contribution >= 4 is 28.9 Å². The van der Waals surface area contributed by atoms with Gasteiger partial charge in [-0.25, -0.2) is 9.50 Å². The number of hydrogen-bond acceptors (Lipinski definition) is 4. The van der Waals surface area contributed by atoms with Crippen LogP contribution in [0.25, 0.3) is 5.52 Å². The Morgan fingerprint density at radius 3 is 2.20 bits per heavy atom. The first-order chi connectivity index (χ1) is 11.9. The number of hydrogen-bond donors (Lipinski definition) is 0. The fraction of sp³-hybridized carbons (Fsp3) is 0.556. The largest absolute Gasteiger partial charge is 0.278 e. The van der Waals surface area contributed by atoms with Crippen LogP contribution in [0.1, 0.15) is 47.1 Å². The second kappa shape index (κ2) is 7.12. The van der Waals surface area contributed by atoms with Crippen molar-refractivity contribution < 1.29 is 9.59 Å². The maximum Gasteiger partial charge on any atom is 0.233 e. The molecule has 0 aromatic carbocycles. The van der Waals surface area contributed by atoms with E-state index in [0.717, 1.165) is 5.56 Å². The minimum Gasteiger partial charge on any atom is -0.278 e. The topological polar surface area (TPSA) is 67.6 Å². The molecule has 0 radical (unpaired) electrons. The van der Waals surface area contributed by atoms with Crippen LogP contribution in [0.15, 0.2) is 18.6 Å². The molecule has 2 aromatic rings. The maximum absolute atomic E-state index is 12.3. The van der Waals surface area contributed by atoms with Gasteiger partial charge < -0.3 is 0 Å². The third kappa shape index (κ3) is 3.03. The number of carbonyl (C=O) groups excluding carboxylic acids is 2. The summed E-state index contributed by atoms with van der Waals surface area (Å²) in [7, 11) is 0. The van der Waals surface area contributed by atoms with Crippen molar-refractivity contribution in [1.29, 1.82) is 0 Å². The zero-order valence-electron chi connectivity index (χ0n) is 15.6. The summed E-state index contributed by atoms with van der Waals surface area (Å²) in [5, 5.41) is 4.40. The van der Waals surface area contributed by atoms with E-state index in [9.17, 15) is 9.59 Å². The van der Waals surface area contributed by atoms with Gasteiger partial charge in [0, 0.05) is 6.20 Å². The van der Waals surface area contributed by atoms with E-state index in [1.807, 2.05) is 41.5 Å². The molecule has 1 saturated heterocycles. The van der Waals surface area contributed by atoms with E-state index in [2.05, 4.69) is 10.1 Å². The van der Waals surface area contributed by atoms with Crippen molar-refractivity contribution in [1.82, 2.24) is 19.5 Å². The molecule has 2 unspecified atom stereocenters. The van der Waals surface area contributed by atoms with E-state index >= 15 is 0 Å². The van der Waals surface area contributed by atoms with Crippen molar-refractivity contribution in [3.63, 3.8) is 0 Å². The van der Waals surface area contributed by atoms with E-state index in [1.54, 1.807) is 16.8 Å². The van der Waals surface area contributed by atoms with E-state index in [1.165, 1.54) is 11.2 Å². The Hall–Kier alpha value is -1.95. The number of fused-ring (bicyclic) bond motifs is 2. The molecular formula is C18H25ClN4O2. The van der Waals surface area contributed by atoms with Gasteiger partial charge in [0.05, 0.1) is 18.4 Å². The lowest BCUT2D eigenvalue weighted by Crippen LogP contribution is -2.35. The average Bonchev–Trinajstić information content (AvgIpc) is 2.87. The van der Waals surface area contributed by atoms with Crippen LogP contribution in [0.4, 0.5) is 0 Å². The van der Waals surface area contributed by atoms with Gasteiger partial charge in [0.2, 0.25) is 11.8 Å². The van der Waals surface area contributed by atoms with Gasteiger partial charge in [-0.3, -0.25) is 14.5 Å². The second-order valence-corrected chi connectivity index (χ2v) is 6.63. The normalized spacial score (nSPS) is 22.8. The summed E-state index contributed by atoms with van der Waals surface area (Å²) in [5.41, 5.74) is 1.31. The van der Waals surface area contributed by atoms with E-state index < -0.39 is 0 Å². The first-order valence-corrected chi connectivity index (χ1v) is 9.12. The molecule has 2 fully saturated rings. The van der Waals surface area contributed by atoms with Gasteiger partial charge in [-0.2, -0.15) is 5.10 Å². The van der Waals surface area contributed by atoms with Crippen LogP contribution in [0, 0.1) is 17.3 Å². The Kier molecular flexibility index (Phi) is 5.52. The van der Waals surface area contributed by atoms with Crippen LogP contribution in [0.5, 0.6) is 0 Å². The van der Waals surface area contributed by atoms with Gasteiger partial charge in [-0.05, 0) is 17.0 Å². The fourth-order valence-corrected chi connectivity index (χ4v) is 3.57. The van der Waals surface area contributed by atoms with Crippen LogP contribution >= 0.6 is 11.6 Å². The molecule has 2 amide bonds. The van der Waals surface area contributed by atoms with Crippen LogP contribution in [-0.2, 0) is 16.1 Å². The maximum atomic E-state index is 12.3. The van der Waals surface area contributed by atoms with E-state index in [0.29, 0.717) is 10.7 Å². The Bertz CT molecular complexity index is 775. The summed E-state index contributed by atoms with van der Waals surface area (Å²) in [6.07, 6.45) is 3.13. The number of aromatic nitrogens is 3. The molecular weight excluding hydrogens is 340 g/mol. The predicted molar refractivity (Wildman–Crippen MR) is 97.0 cm³/mol. The Morgan fingerprint density at radius 2 is 1.68 bits per heavy atom. The van der Waals surface area contributed by atoms with Gasteiger partial charge in [0.15, 0.2) is 5.15 Å². The molecule has 0 spiro atoms. The van der Waals surface area contributed by atoms with E-state index in [4.69, 9.17) is 11.6 Å². The number of carbonyl (C=O) groups is 2. The number of likely N-dealkylation sites (tertiary alicyclic amines) is 1. The summed E-state index contributed by atoms with van der Waals surface area (Å²) in [5.74, 6) is -0.430. The Morgan fingerprint density at radius 1 is 1.12 bits per heavy atom. The molecule has 0 N–H and O–H groups in total. The molecule has 136 valence electrons. The number of imide groups is 1. The van der Waals surface area contributed by atoms with Gasteiger partial charge >= 0.3 is 0 Å². The lowest BCUT2D eigenvalue weighted by Gasteiger charge is -2.19. The molecule has 2 atom stereocenters. The van der Waals surface area contributed by atoms with Gasteiger partial charge in [0.1, 0.15) is 11.8 Å². The highest BCUT2D eigenvalue weighted by Crippen LogP contribution is 2.63. The molecule has 3 heterocycles. The van der Waals surface area contributed by atoms with Gasteiger partial charge in [0.25, 0.3) is 0 Å². The zero-order valence-corrected chi connectivity index (χ0v) is 16.3. The lowest BCUT2D eigenvalue weighted by atomic mass is 10.1. The van der Waals surface area contributed by atoms with Crippen molar-refractivity contribution in [3.05, 3.63) is 29.3 Å². The monoisotopic (exact) mass is 364 g/mol. The van der Waals surface area contributed by atoms with Crippen LogP contribution in [-0.4, -0.2) is 31.3 Å². The summed E-state index contributed by atoms with van der Waals surface area (Å²) in [6, 6.07) is 1.80. The molecule has 25 heavy (non-hydrogen) atoms. The molecule has 2 aromatic heterocycles. The number of rotatable bonds is 2. The molecule has 1 saturated carbocycles. The van der Waals surface area contributed by atoms with Crippen molar-refractivity contribution in [3.8, 4) is 0 Å². The highest BCUT2D eigenvalue weighted by Gasteiger charge is 2.72. The summed E-state index contributed by atoms with van der Waals surface area (Å²) in [6.45, 7) is 12.2. The molecule has 7 heteroatoms. The number of nitrogens with zero attached hydrogens (tertiary/aromatic N) is 4. The summed E-state index contributed by atoms with van der Waals surface area (Å²) in [4.78, 5) is 29.9. The second-order valence-electron chi connectivity index (χ2n) is 6.27. The molecule has 2 aliphatic rings. The molecule has 0 bridgehead atoms. The molecule has 1 aliphatic carbocycles. The number of amides is 2. The van der Waals surface area contributed by atoms with E-state index in [-0.39, 0.29) is 35.6 Å². The minimum absolute atomic E-state index is 0.0672. The third-order valence-electron chi connectivity index (χ3n) is 4.65. The summed E-state index contributed by atoms with van der Waals surface area (Å²) >= 11 is 5.99. The standard InChI is InChI=1S/C14H13ClN4O2.2C2H6/c1-14(2)9-10(14)13(21)18(12(9)20)4-7-3-8-11(15)16-6-17-19(8)5-7;2*1-2/h3,5-6,9-10H,4H2,1-2H3;2*1-2H3. The number of piperidine rings is 1. The number of halogens is 1. The quantitative estimate of drug-likeness (QED) is 0.764. The fourth-order valence-electron chi connectivity index (χ4n) is 3.38. The molecule has 4 rings (SSSR count). The zero-order chi connectivity index (χ0) is 18.9. The van der Waals surface area contributed by atoms with Gasteiger partial charge in [-0.15, -0.1) is 0 Å². The van der Waals surface area contributed by atoms with Crippen molar-refractivity contribution in [2.75, 3.05) is 0 Å².